The molecule has 0 bridgehead atoms. The summed E-state index contributed by atoms with van der Waals surface area (Å²) in [7, 11) is 0. The fourth-order valence-corrected chi connectivity index (χ4v) is 1.81. The van der Waals surface area contributed by atoms with Crippen LogP contribution in [0.5, 0.6) is 0 Å². The number of fused-ring (bicyclic) bond motifs is 1. The zero-order chi connectivity index (χ0) is 11.0. The van der Waals surface area contributed by atoms with E-state index in [0.717, 1.165) is 0 Å². The molecule has 0 spiro atoms. The third-order valence-electron chi connectivity index (χ3n) is 2.97. The fraction of sp³-hybridized carbons (Fsp3) is 0.429. The third kappa shape index (κ3) is 1.92. The molecule has 0 amide bonds. The van der Waals surface area contributed by atoms with Crippen molar-refractivity contribution in [3.63, 3.8) is 0 Å². The number of hydrogen-bond acceptors (Lipinski definition) is 0. The van der Waals surface area contributed by atoms with Gasteiger partial charge >= 0.3 is 0 Å². The summed E-state index contributed by atoms with van der Waals surface area (Å²) in [5.74, 6) is 1.20. The van der Waals surface area contributed by atoms with E-state index in [1.54, 1.807) is 0 Å². The van der Waals surface area contributed by atoms with Gasteiger partial charge in [-0.05, 0) is 35.1 Å². The third-order valence-corrected chi connectivity index (χ3v) is 2.97. The van der Waals surface area contributed by atoms with Crippen molar-refractivity contribution in [2.24, 2.45) is 0 Å². The summed E-state index contributed by atoms with van der Waals surface area (Å²) in [4.78, 5) is 0. The lowest BCUT2D eigenvalue weighted by atomic mass is 10.1. The fourth-order valence-electron chi connectivity index (χ4n) is 1.81. The first-order valence-electron chi connectivity index (χ1n) is 5.69. The van der Waals surface area contributed by atoms with Crippen molar-refractivity contribution in [3.8, 4) is 0 Å². The first-order chi connectivity index (χ1) is 7.08. The van der Waals surface area contributed by atoms with E-state index in [1.807, 2.05) is 0 Å². The van der Waals surface area contributed by atoms with E-state index in [9.17, 15) is 0 Å². The second kappa shape index (κ2) is 3.73. The molecule has 2 aromatic rings. The van der Waals surface area contributed by atoms with Crippen LogP contribution in [0.4, 0.5) is 0 Å². The van der Waals surface area contributed by atoms with Crippen LogP contribution in [-0.4, -0.2) is 4.40 Å². The van der Waals surface area contributed by atoms with Gasteiger partial charge in [-0.25, -0.2) is 0 Å². The topological polar surface area (TPSA) is 4.41 Å². The summed E-state index contributed by atoms with van der Waals surface area (Å²) < 4.78 is 2.24. The van der Waals surface area contributed by atoms with Crippen LogP contribution in [0.25, 0.3) is 5.52 Å². The first-order valence-corrected chi connectivity index (χ1v) is 5.69. The highest BCUT2D eigenvalue weighted by atomic mass is 14.9. The minimum Gasteiger partial charge on any atom is -0.323 e. The summed E-state index contributed by atoms with van der Waals surface area (Å²) in [5, 5.41) is 0. The molecule has 2 rings (SSSR count). The molecule has 0 atom stereocenters. The van der Waals surface area contributed by atoms with Gasteiger partial charge in [0.05, 0.1) is 0 Å². The quantitative estimate of drug-likeness (QED) is 0.686. The van der Waals surface area contributed by atoms with Crippen LogP contribution in [0.1, 0.15) is 50.7 Å². The molecule has 1 heteroatoms. The Morgan fingerprint density at radius 2 is 1.47 bits per heavy atom. The second-order valence-electron chi connectivity index (χ2n) is 4.88. The van der Waals surface area contributed by atoms with Crippen LogP contribution in [-0.2, 0) is 0 Å². The van der Waals surface area contributed by atoms with Crippen LogP contribution in [0, 0.1) is 0 Å². The van der Waals surface area contributed by atoms with Crippen molar-refractivity contribution in [2.45, 2.75) is 39.5 Å². The maximum atomic E-state index is 2.27. The van der Waals surface area contributed by atoms with Crippen LogP contribution < -0.4 is 0 Å². The lowest BCUT2D eigenvalue weighted by Crippen LogP contribution is -1.90. The maximum absolute atomic E-state index is 2.27. The summed E-state index contributed by atoms with van der Waals surface area (Å²) in [6.45, 7) is 8.93. The molecule has 2 aromatic heterocycles. The molecule has 0 aliphatic rings. The Balaban J connectivity index is 2.52. The van der Waals surface area contributed by atoms with Gasteiger partial charge < -0.3 is 4.40 Å². The Bertz CT molecular complexity index is 457. The number of rotatable bonds is 2. The molecule has 1 nitrogen and oxygen atoms in total. The van der Waals surface area contributed by atoms with Gasteiger partial charge in [0.15, 0.2) is 0 Å². The van der Waals surface area contributed by atoms with E-state index in [0.29, 0.717) is 11.8 Å². The Kier molecular flexibility index (Phi) is 2.56. The highest BCUT2D eigenvalue weighted by Gasteiger charge is 2.05. The highest BCUT2D eigenvalue weighted by molar-refractivity contribution is 5.52. The summed E-state index contributed by atoms with van der Waals surface area (Å²) in [6, 6.07) is 6.71. The van der Waals surface area contributed by atoms with Crippen LogP contribution in [0.15, 0.2) is 30.6 Å². The lowest BCUT2D eigenvalue weighted by molar-refractivity contribution is 0.848. The van der Waals surface area contributed by atoms with Crippen molar-refractivity contribution in [3.05, 3.63) is 41.7 Å². The average molecular weight is 201 g/mol. The smallest absolute Gasteiger partial charge is 0.0453 e. The van der Waals surface area contributed by atoms with Gasteiger partial charge in [-0.3, -0.25) is 0 Å². The van der Waals surface area contributed by atoms with Gasteiger partial charge in [0.1, 0.15) is 0 Å². The molecule has 0 fully saturated rings. The van der Waals surface area contributed by atoms with Crippen LogP contribution in [0.2, 0.25) is 0 Å². The molecule has 0 saturated heterocycles. The SMILES string of the molecule is CC(C)c1ccc2cc(C(C)C)cn2c1. The van der Waals surface area contributed by atoms with Crippen molar-refractivity contribution in [1.29, 1.82) is 0 Å². The first kappa shape index (κ1) is 10.3. The van der Waals surface area contributed by atoms with E-state index < -0.39 is 0 Å². The van der Waals surface area contributed by atoms with E-state index in [2.05, 4.69) is 62.7 Å². The highest BCUT2D eigenvalue weighted by Crippen LogP contribution is 2.21. The molecule has 0 unspecified atom stereocenters. The molecule has 15 heavy (non-hydrogen) atoms. The Morgan fingerprint density at radius 3 is 2.07 bits per heavy atom. The van der Waals surface area contributed by atoms with Crippen molar-refractivity contribution in [1.82, 2.24) is 4.40 Å². The van der Waals surface area contributed by atoms with Gasteiger partial charge in [-0.1, -0.05) is 33.8 Å². The zero-order valence-electron chi connectivity index (χ0n) is 9.99. The minimum absolute atomic E-state index is 0.597. The second-order valence-corrected chi connectivity index (χ2v) is 4.88. The zero-order valence-corrected chi connectivity index (χ0v) is 9.99. The number of pyridine rings is 1. The molecule has 0 N–H and O–H groups in total. The molecule has 0 aliphatic carbocycles. The van der Waals surface area contributed by atoms with E-state index >= 15 is 0 Å². The van der Waals surface area contributed by atoms with Crippen molar-refractivity contribution in [2.75, 3.05) is 0 Å². The normalized spacial score (nSPS) is 11.9. The van der Waals surface area contributed by atoms with Gasteiger partial charge in [0.25, 0.3) is 0 Å². The molecule has 2 heterocycles. The predicted octanol–water partition coefficient (Wildman–Crippen LogP) is 4.19. The molecule has 0 aliphatic heterocycles. The van der Waals surface area contributed by atoms with E-state index in [-0.39, 0.29) is 0 Å². The molecule has 0 saturated carbocycles. The minimum atomic E-state index is 0.597. The number of hydrogen-bond donors (Lipinski definition) is 0. The maximum Gasteiger partial charge on any atom is 0.0453 e. The van der Waals surface area contributed by atoms with Crippen molar-refractivity contribution < 1.29 is 0 Å². The van der Waals surface area contributed by atoms with E-state index in [4.69, 9.17) is 0 Å². The van der Waals surface area contributed by atoms with Gasteiger partial charge in [-0.2, -0.15) is 0 Å². The van der Waals surface area contributed by atoms with Crippen LogP contribution >= 0.6 is 0 Å². The number of aromatic nitrogens is 1. The van der Waals surface area contributed by atoms with Crippen molar-refractivity contribution >= 4 is 5.52 Å². The van der Waals surface area contributed by atoms with Gasteiger partial charge in [0, 0.05) is 17.9 Å². The van der Waals surface area contributed by atoms with Gasteiger partial charge in [0.2, 0.25) is 0 Å². The molecular weight excluding hydrogens is 182 g/mol. The monoisotopic (exact) mass is 201 g/mol. The Labute approximate surface area is 91.7 Å². The van der Waals surface area contributed by atoms with Gasteiger partial charge in [-0.15, -0.1) is 0 Å². The largest absolute Gasteiger partial charge is 0.323 e. The Morgan fingerprint density at radius 1 is 0.867 bits per heavy atom. The summed E-state index contributed by atoms with van der Waals surface area (Å²) in [5.41, 5.74) is 4.10. The average Bonchev–Trinajstić information content (AvgIpc) is 2.59. The molecule has 0 aromatic carbocycles. The lowest BCUT2D eigenvalue weighted by Gasteiger charge is -2.05. The standard InChI is InChI=1S/C14H19N/c1-10(2)12-5-6-14-7-13(11(3)4)9-15(14)8-12/h5-11H,1-4H3. The predicted molar refractivity (Wildman–Crippen MR) is 65.6 cm³/mol. The summed E-state index contributed by atoms with van der Waals surface area (Å²) in [6.07, 6.45) is 4.48. The van der Waals surface area contributed by atoms with E-state index in [1.165, 1.54) is 16.6 Å². The van der Waals surface area contributed by atoms with Crippen LogP contribution in [0.3, 0.4) is 0 Å². The molecule has 0 radical (unpaired) electrons. The number of nitrogens with zero attached hydrogens (tertiary/aromatic N) is 1. The molecular formula is C14H19N. The Hall–Kier alpha value is -1.24. The summed E-state index contributed by atoms with van der Waals surface area (Å²) >= 11 is 0. The molecule has 80 valence electrons.